The van der Waals surface area contributed by atoms with Gasteiger partial charge in [0, 0.05) is 24.5 Å². The number of phenolic OH excluding ortho intramolecular Hbond substituents is 2. The number of aromatic hydroxyl groups is 2. The molecule has 22 heavy (non-hydrogen) atoms. The Morgan fingerprint density at radius 3 is 2.45 bits per heavy atom. The summed E-state index contributed by atoms with van der Waals surface area (Å²) < 4.78 is 2.30. The summed E-state index contributed by atoms with van der Waals surface area (Å²) in [7, 11) is 0. The Morgan fingerprint density at radius 2 is 1.82 bits per heavy atom. The van der Waals surface area contributed by atoms with Crippen LogP contribution in [0.15, 0.2) is 18.2 Å². The van der Waals surface area contributed by atoms with Crippen LogP contribution in [0, 0.1) is 13.8 Å². The van der Waals surface area contributed by atoms with Crippen LogP contribution >= 0.6 is 12.4 Å². The van der Waals surface area contributed by atoms with Crippen molar-refractivity contribution in [2.75, 3.05) is 6.54 Å². The molecule has 3 N–H and O–H groups in total. The summed E-state index contributed by atoms with van der Waals surface area (Å²) in [6, 6.07) is 5.68. The zero-order valence-corrected chi connectivity index (χ0v) is 14.0. The molecule has 120 valence electrons. The van der Waals surface area contributed by atoms with Gasteiger partial charge in [0.2, 0.25) is 0 Å². The number of phenols is 2. The molecule has 2 aromatic rings. The number of hydrogen-bond acceptors (Lipinski definition) is 3. The molecule has 1 unspecified atom stereocenters. The molecule has 2 heterocycles. The highest BCUT2D eigenvalue weighted by Crippen LogP contribution is 2.37. The normalized spacial score (nSPS) is 17.0. The van der Waals surface area contributed by atoms with E-state index in [9.17, 15) is 10.2 Å². The van der Waals surface area contributed by atoms with Gasteiger partial charge in [-0.05, 0) is 62.1 Å². The van der Waals surface area contributed by atoms with Gasteiger partial charge in [-0.2, -0.15) is 0 Å². The van der Waals surface area contributed by atoms with Crippen LogP contribution in [0.5, 0.6) is 11.5 Å². The minimum absolute atomic E-state index is 0. The summed E-state index contributed by atoms with van der Waals surface area (Å²) in [4.78, 5) is 0. The number of halogens is 1. The summed E-state index contributed by atoms with van der Waals surface area (Å²) in [5.74, 6) is -0.0832. The lowest BCUT2D eigenvalue weighted by atomic mass is 9.89. The van der Waals surface area contributed by atoms with Crippen molar-refractivity contribution < 1.29 is 10.2 Å². The van der Waals surface area contributed by atoms with E-state index in [0.717, 1.165) is 30.6 Å². The fourth-order valence-corrected chi connectivity index (χ4v) is 3.47. The molecular weight excluding hydrogens is 300 g/mol. The Kier molecular flexibility index (Phi) is 4.73. The summed E-state index contributed by atoms with van der Waals surface area (Å²) in [6.07, 6.45) is 0.867. The molecule has 0 aliphatic carbocycles. The standard InChI is InChI=1S/C17H22N2O2.ClH/c1-4-19-10(2)7-13(11(19)3)17-14-9-16(21)15(20)8-12(14)5-6-18-17;/h7-9,17-18,20-21H,4-6H2,1-3H3;1H. The first-order chi connectivity index (χ1) is 10.0. The fourth-order valence-electron chi connectivity index (χ4n) is 3.47. The van der Waals surface area contributed by atoms with E-state index in [0.29, 0.717) is 0 Å². The van der Waals surface area contributed by atoms with E-state index >= 15 is 0 Å². The van der Waals surface area contributed by atoms with E-state index in [-0.39, 0.29) is 29.9 Å². The maximum absolute atomic E-state index is 9.83. The van der Waals surface area contributed by atoms with Crippen molar-refractivity contribution in [3.05, 3.63) is 46.3 Å². The molecule has 1 aromatic carbocycles. The zero-order valence-electron chi connectivity index (χ0n) is 13.2. The van der Waals surface area contributed by atoms with Crippen molar-refractivity contribution in [2.45, 2.75) is 39.8 Å². The molecular formula is C17H23ClN2O2. The highest BCUT2D eigenvalue weighted by molar-refractivity contribution is 5.85. The van der Waals surface area contributed by atoms with Crippen LogP contribution < -0.4 is 5.32 Å². The summed E-state index contributed by atoms with van der Waals surface area (Å²) in [5, 5.41) is 23.1. The Morgan fingerprint density at radius 1 is 1.14 bits per heavy atom. The number of nitrogens with one attached hydrogen (secondary N) is 1. The van der Waals surface area contributed by atoms with Gasteiger partial charge in [0.1, 0.15) is 0 Å². The van der Waals surface area contributed by atoms with Crippen molar-refractivity contribution in [1.82, 2.24) is 9.88 Å². The molecule has 1 aliphatic heterocycles. The van der Waals surface area contributed by atoms with E-state index < -0.39 is 0 Å². The zero-order chi connectivity index (χ0) is 15.1. The number of fused-ring (bicyclic) bond motifs is 1. The lowest BCUT2D eigenvalue weighted by Crippen LogP contribution is -2.30. The molecule has 0 fully saturated rings. The van der Waals surface area contributed by atoms with Gasteiger partial charge in [0.05, 0.1) is 6.04 Å². The maximum atomic E-state index is 9.83. The molecule has 4 nitrogen and oxygen atoms in total. The van der Waals surface area contributed by atoms with Gasteiger partial charge in [-0.15, -0.1) is 12.4 Å². The lowest BCUT2D eigenvalue weighted by Gasteiger charge is -2.28. The smallest absolute Gasteiger partial charge is 0.157 e. The molecule has 1 atom stereocenters. The highest BCUT2D eigenvalue weighted by atomic mass is 35.5. The van der Waals surface area contributed by atoms with Gasteiger partial charge < -0.3 is 20.1 Å². The van der Waals surface area contributed by atoms with Crippen molar-refractivity contribution in [3.63, 3.8) is 0 Å². The predicted molar refractivity (Wildman–Crippen MR) is 90.1 cm³/mol. The second kappa shape index (κ2) is 6.23. The van der Waals surface area contributed by atoms with Crippen LogP contribution in [0.4, 0.5) is 0 Å². The third-order valence-corrected chi connectivity index (χ3v) is 4.53. The molecule has 5 heteroatoms. The average Bonchev–Trinajstić information content (AvgIpc) is 2.74. The number of benzene rings is 1. The lowest BCUT2D eigenvalue weighted by molar-refractivity contribution is 0.400. The number of nitrogens with zero attached hydrogens (tertiary/aromatic N) is 1. The van der Waals surface area contributed by atoms with Crippen LogP contribution in [0.1, 0.15) is 41.0 Å². The van der Waals surface area contributed by atoms with E-state index in [1.54, 1.807) is 12.1 Å². The third kappa shape index (κ3) is 2.57. The first-order valence-electron chi connectivity index (χ1n) is 7.47. The van der Waals surface area contributed by atoms with Crippen molar-refractivity contribution in [1.29, 1.82) is 0 Å². The second-order valence-electron chi connectivity index (χ2n) is 5.75. The molecule has 1 aromatic heterocycles. The molecule has 0 spiro atoms. The molecule has 1 aliphatic rings. The van der Waals surface area contributed by atoms with Gasteiger partial charge in [-0.1, -0.05) is 0 Å². The van der Waals surface area contributed by atoms with Crippen molar-refractivity contribution >= 4 is 12.4 Å². The minimum Gasteiger partial charge on any atom is -0.504 e. The Bertz CT molecular complexity index is 694. The maximum Gasteiger partial charge on any atom is 0.157 e. The first-order valence-corrected chi connectivity index (χ1v) is 7.47. The summed E-state index contributed by atoms with van der Waals surface area (Å²) >= 11 is 0. The van der Waals surface area contributed by atoms with Gasteiger partial charge in [0.15, 0.2) is 11.5 Å². The van der Waals surface area contributed by atoms with E-state index in [1.807, 2.05) is 0 Å². The van der Waals surface area contributed by atoms with Crippen molar-refractivity contribution in [2.24, 2.45) is 0 Å². The van der Waals surface area contributed by atoms with Gasteiger partial charge in [0.25, 0.3) is 0 Å². The van der Waals surface area contributed by atoms with Crippen LogP contribution in [0.25, 0.3) is 0 Å². The summed E-state index contributed by atoms with van der Waals surface area (Å²) in [5.41, 5.74) is 5.93. The van der Waals surface area contributed by atoms with E-state index in [1.165, 1.54) is 17.0 Å². The fraction of sp³-hybridized carbons (Fsp3) is 0.412. The SMILES string of the molecule is CCn1c(C)cc(C2NCCc3cc(O)c(O)cc32)c1C.Cl. The second-order valence-corrected chi connectivity index (χ2v) is 5.75. The minimum atomic E-state index is -0.0493. The molecule has 0 saturated carbocycles. The number of rotatable bonds is 2. The molecule has 0 saturated heterocycles. The first kappa shape index (κ1) is 16.7. The molecule has 0 amide bonds. The van der Waals surface area contributed by atoms with E-state index in [4.69, 9.17) is 0 Å². The van der Waals surface area contributed by atoms with Crippen LogP contribution in [-0.4, -0.2) is 21.3 Å². The molecule has 3 rings (SSSR count). The van der Waals surface area contributed by atoms with E-state index in [2.05, 4.69) is 36.7 Å². The average molecular weight is 323 g/mol. The number of hydrogen-bond donors (Lipinski definition) is 3. The Hall–Kier alpha value is -1.65. The topological polar surface area (TPSA) is 57.4 Å². The van der Waals surface area contributed by atoms with Gasteiger partial charge in [-0.25, -0.2) is 0 Å². The highest BCUT2D eigenvalue weighted by Gasteiger charge is 2.26. The Balaban J connectivity index is 0.00000176. The molecule has 0 bridgehead atoms. The summed E-state index contributed by atoms with van der Waals surface area (Å²) in [6.45, 7) is 8.24. The third-order valence-electron chi connectivity index (χ3n) is 4.53. The largest absolute Gasteiger partial charge is 0.504 e. The number of aryl methyl sites for hydroxylation is 1. The monoisotopic (exact) mass is 322 g/mol. The van der Waals surface area contributed by atoms with Gasteiger partial charge in [-0.3, -0.25) is 0 Å². The Labute approximate surface area is 137 Å². The van der Waals surface area contributed by atoms with Crippen molar-refractivity contribution in [3.8, 4) is 11.5 Å². The van der Waals surface area contributed by atoms with Gasteiger partial charge >= 0.3 is 0 Å². The quantitative estimate of drug-likeness (QED) is 0.744. The molecule has 0 radical (unpaired) electrons. The predicted octanol–water partition coefficient (Wildman–Crippen LogP) is 3.19. The van der Waals surface area contributed by atoms with Crippen LogP contribution in [-0.2, 0) is 13.0 Å². The van der Waals surface area contributed by atoms with Crippen LogP contribution in [0.3, 0.4) is 0 Å². The van der Waals surface area contributed by atoms with Crippen LogP contribution in [0.2, 0.25) is 0 Å². The number of aromatic nitrogens is 1.